The van der Waals surface area contributed by atoms with Crippen LogP contribution < -0.4 is 0 Å². The van der Waals surface area contributed by atoms with Crippen LogP contribution in [0.5, 0.6) is 0 Å². The van der Waals surface area contributed by atoms with Crippen LogP contribution in [0.25, 0.3) is 10.8 Å². The van der Waals surface area contributed by atoms with Crippen molar-refractivity contribution >= 4 is 17.1 Å². The number of carbonyl (C=O) groups is 1. The van der Waals surface area contributed by atoms with Crippen LogP contribution in [0.3, 0.4) is 0 Å². The molecular weight excluding hydrogens is 152 g/mol. The molecule has 0 aliphatic rings. The van der Waals surface area contributed by atoms with Gasteiger partial charge in [0.25, 0.3) is 0 Å². The zero-order valence-electron chi connectivity index (χ0n) is 6.49. The Kier molecular flexibility index (Phi) is 1.67. The quantitative estimate of drug-likeness (QED) is 0.630. The van der Waals surface area contributed by atoms with Gasteiger partial charge in [0.1, 0.15) is 12.0 Å². The Bertz CT molecular complexity index is 401. The number of carbonyl (C=O) groups excluding carboxylic acids is 1. The van der Waals surface area contributed by atoms with E-state index in [2.05, 4.69) is 0 Å². The van der Waals surface area contributed by atoms with E-state index in [0.717, 1.165) is 22.8 Å². The monoisotopic (exact) mass is 160 g/mol. The Morgan fingerprint density at radius 1 is 1.33 bits per heavy atom. The van der Waals surface area contributed by atoms with Crippen molar-refractivity contribution in [2.45, 2.75) is 6.42 Å². The number of furan rings is 1. The average Bonchev–Trinajstić information content (AvgIpc) is 2.50. The first-order valence-corrected chi connectivity index (χ1v) is 3.80. The molecule has 12 heavy (non-hydrogen) atoms. The summed E-state index contributed by atoms with van der Waals surface area (Å²) >= 11 is 0. The van der Waals surface area contributed by atoms with Crippen LogP contribution in [0, 0.1) is 0 Å². The average molecular weight is 160 g/mol. The molecule has 0 bridgehead atoms. The Hall–Kier alpha value is -1.57. The molecule has 1 heterocycles. The maximum atomic E-state index is 10.3. The molecule has 0 aliphatic heterocycles. The van der Waals surface area contributed by atoms with Crippen molar-refractivity contribution in [2.75, 3.05) is 0 Å². The number of benzene rings is 1. The minimum atomic E-state index is 0.355. The highest BCUT2D eigenvalue weighted by Crippen LogP contribution is 2.20. The lowest BCUT2D eigenvalue weighted by Gasteiger charge is -1.88. The van der Waals surface area contributed by atoms with E-state index in [-0.39, 0.29) is 0 Å². The maximum absolute atomic E-state index is 10.3. The lowest BCUT2D eigenvalue weighted by Crippen LogP contribution is -1.81. The van der Waals surface area contributed by atoms with Gasteiger partial charge in [0.05, 0.1) is 12.7 Å². The Labute approximate surface area is 69.8 Å². The first-order chi connectivity index (χ1) is 5.92. The molecule has 60 valence electrons. The first kappa shape index (κ1) is 7.10. The SMILES string of the molecule is O=CCc1occ2ccccc12. The molecule has 0 N–H and O–H groups in total. The first-order valence-electron chi connectivity index (χ1n) is 3.80. The maximum Gasteiger partial charge on any atom is 0.127 e. The highest BCUT2D eigenvalue weighted by molar-refractivity contribution is 5.85. The Morgan fingerprint density at radius 3 is 3.00 bits per heavy atom. The molecule has 0 aliphatic carbocycles. The number of fused-ring (bicyclic) bond motifs is 1. The second kappa shape index (κ2) is 2.81. The van der Waals surface area contributed by atoms with Crippen molar-refractivity contribution in [3.63, 3.8) is 0 Å². The van der Waals surface area contributed by atoms with Gasteiger partial charge in [-0.2, -0.15) is 0 Å². The van der Waals surface area contributed by atoms with Gasteiger partial charge in [-0.25, -0.2) is 0 Å². The van der Waals surface area contributed by atoms with Gasteiger partial charge in [-0.15, -0.1) is 0 Å². The van der Waals surface area contributed by atoms with Gasteiger partial charge in [-0.1, -0.05) is 24.3 Å². The molecule has 0 saturated heterocycles. The molecule has 1 aromatic carbocycles. The molecule has 2 nitrogen and oxygen atoms in total. The van der Waals surface area contributed by atoms with E-state index in [0.29, 0.717) is 6.42 Å². The lowest BCUT2D eigenvalue weighted by molar-refractivity contribution is -0.107. The molecule has 0 atom stereocenters. The molecule has 0 amide bonds. The number of hydrogen-bond donors (Lipinski definition) is 0. The second-order valence-corrected chi connectivity index (χ2v) is 2.62. The molecule has 0 unspecified atom stereocenters. The summed E-state index contributed by atoms with van der Waals surface area (Å²) in [5.74, 6) is 0.751. The summed E-state index contributed by atoms with van der Waals surface area (Å²) < 4.78 is 5.22. The smallest absolute Gasteiger partial charge is 0.127 e. The van der Waals surface area contributed by atoms with Crippen LogP contribution in [0.1, 0.15) is 5.76 Å². The molecule has 0 radical (unpaired) electrons. The third kappa shape index (κ3) is 1.01. The van der Waals surface area contributed by atoms with Crippen molar-refractivity contribution in [3.8, 4) is 0 Å². The summed E-state index contributed by atoms with van der Waals surface area (Å²) in [6.07, 6.45) is 2.88. The van der Waals surface area contributed by atoms with Crippen LogP contribution in [0.2, 0.25) is 0 Å². The second-order valence-electron chi connectivity index (χ2n) is 2.62. The summed E-state index contributed by atoms with van der Waals surface area (Å²) in [4.78, 5) is 10.3. The van der Waals surface area contributed by atoms with Gasteiger partial charge in [-0.3, -0.25) is 0 Å². The van der Waals surface area contributed by atoms with Crippen LogP contribution >= 0.6 is 0 Å². The van der Waals surface area contributed by atoms with Crippen LogP contribution in [-0.2, 0) is 11.2 Å². The van der Waals surface area contributed by atoms with Crippen molar-refractivity contribution in [1.82, 2.24) is 0 Å². The number of hydrogen-bond acceptors (Lipinski definition) is 2. The topological polar surface area (TPSA) is 30.2 Å². The molecule has 2 rings (SSSR count). The zero-order chi connectivity index (χ0) is 8.39. The van der Waals surface area contributed by atoms with E-state index in [1.165, 1.54) is 0 Å². The van der Waals surface area contributed by atoms with Crippen molar-refractivity contribution < 1.29 is 9.21 Å². The summed E-state index contributed by atoms with van der Waals surface area (Å²) in [7, 11) is 0. The van der Waals surface area contributed by atoms with Gasteiger partial charge in [-0.05, 0) is 0 Å². The third-order valence-corrected chi connectivity index (χ3v) is 1.86. The fraction of sp³-hybridized carbons (Fsp3) is 0.100. The minimum absolute atomic E-state index is 0.355. The molecular formula is C10H8O2. The normalized spacial score (nSPS) is 10.3. The molecule has 2 heteroatoms. The number of rotatable bonds is 2. The summed E-state index contributed by atoms with van der Waals surface area (Å²) in [6.45, 7) is 0. The zero-order valence-corrected chi connectivity index (χ0v) is 6.49. The van der Waals surface area contributed by atoms with E-state index in [4.69, 9.17) is 4.42 Å². The fourth-order valence-electron chi connectivity index (χ4n) is 1.29. The predicted octanol–water partition coefficient (Wildman–Crippen LogP) is 2.17. The molecule has 0 fully saturated rings. The van der Waals surface area contributed by atoms with Gasteiger partial charge >= 0.3 is 0 Å². The van der Waals surface area contributed by atoms with Crippen LogP contribution in [0.4, 0.5) is 0 Å². The van der Waals surface area contributed by atoms with E-state index in [1.54, 1.807) is 6.26 Å². The third-order valence-electron chi connectivity index (χ3n) is 1.86. The van der Waals surface area contributed by atoms with Gasteiger partial charge in [0.15, 0.2) is 0 Å². The standard InChI is InChI=1S/C10H8O2/c11-6-5-10-9-4-2-1-3-8(9)7-12-10/h1-4,6-7H,5H2. The molecule has 1 aromatic heterocycles. The van der Waals surface area contributed by atoms with Gasteiger partial charge < -0.3 is 9.21 Å². The fourth-order valence-corrected chi connectivity index (χ4v) is 1.29. The van der Waals surface area contributed by atoms with Crippen molar-refractivity contribution in [1.29, 1.82) is 0 Å². The van der Waals surface area contributed by atoms with E-state index >= 15 is 0 Å². The summed E-state index contributed by atoms with van der Waals surface area (Å²) in [5, 5.41) is 2.08. The Balaban J connectivity index is 2.62. The summed E-state index contributed by atoms with van der Waals surface area (Å²) in [6, 6.07) is 7.81. The molecule has 2 aromatic rings. The van der Waals surface area contributed by atoms with E-state index in [1.807, 2.05) is 24.3 Å². The van der Waals surface area contributed by atoms with Crippen molar-refractivity contribution in [3.05, 3.63) is 36.3 Å². The number of aldehydes is 1. The predicted molar refractivity (Wildman–Crippen MR) is 46.0 cm³/mol. The Morgan fingerprint density at radius 2 is 2.17 bits per heavy atom. The van der Waals surface area contributed by atoms with Gasteiger partial charge in [0.2, 0.25) is 0 Å². The van der Waals surface area contributed by atoms with E-state index < -0.39 is 0 Å². The summed E-state index contributed by atoms with van der Waals surface area (Å²) in [5.41, 5.74) is 0. The molecule has 0 spiro atoms. The highest BCUT2D eigenvalue weighted by Gasteiger charge is 2.02. The van der Waals surface area contributed by atoms with Crippen molar-refractivity contribution in [2.24, 2.45) is 0 Å². The van der Waals surface area contributed by atoms with Crippen LogP contribution in [-0.4, -0.2) is 6.29 Å². The minimum Gasteiger partial charge on any atom is -0.468 e. The van der Waals surface area contributed by atoms with Crippen LogP contribution in [0.15, 0.2) is 34.9 Å². The van der Waals surface area contributed by atoms with E-state index in [9.17, 15) is 4.79 Å². The molecule has 0 saturated carbocycles. The largest absolute Gasteiger partial charge is 0.468 e. The van der Waals surface area contributed by atoms with Gasteiger partial charge in [0, 0.05) is 10.8 Å². The highest BCUT2D eigenvalue weighted by atomic mass is 16.3. The lowest BCUT2D eigenvalue weighted by atomic mass is 10.1.